The van der Waals surface area contributed by atoms with Gasteiger partial charge in [-0.3, -0.25) is 14.7 Å². The third kappa shape index (κ3) is 3.54. The monoisotopic (exact) mass is 163 g/mol. The minimum absolute atomic E-state index is 0.168. The molecule has 0 aromatic carbocycles. The molecule has 10 heavy (non-hydrogen) atoms. The quantitative estimate of drug-likeness (QED) is 0.563. The summed E-state index contributed by atoms with van der Waals surface area (Å²) < 4.78 is 0. The van der Waals surface area contributed by atoms with Crippen LogP contribution in [0.3, 0.4) is 0 Å². The van der Waals surface area contributed by atoms with Crippen LogP contribution in [-0.4, -0.2) is 22.9 Å². The molecule has 0 rings (SSSR count). The van der Waals surface area contributed by atoms with Gasteiger partial charge < -0.3 is 5.11 Å². The minimum atomic E-state index is -0.977. The second-order valence-electron chi connectivity index (χ2n) is 1.93. The first-order valence-electron chi connectivity index (χ1n) is 2.76. The second kappa shape index (κ2) is 4.36. The number of carbonyl (C=O) groups excluding carboxylic acids is 1. The van der Waals surface area contributed by atoms with Crippen LogP contribution in [-0.2, 0) is 9.59 Å². The standard InChI is InChI=1S/C5H10NO3P/c1-3(7)4(6-10)2-5(8)9/h4,6H,2,10H2,1H3,(H,8,9)/t4-/m0/s1. The zero-order valence-corrected chi connectivity index (χ0v) is 6.78. The number of carbonyl (C=O) groups is 2. The fraction of sp³-hybridized carbons (Fsp3) is 0.600. The molecule has 0 aliphatic heterocycles. The van der Waals surface area contributed by atoms with E-state index < -0.39 is 12.0 Å². The molecule has 0 aliphatic rings. The molecular formula is C5H10NO3P. The summed E-state index contributed by atoms with van der Waals surface area (Å²) in [6.07, 6.45) is -0.168. The Morgan fingerprint density at radius 1 is 1.70 bits per heavy atom. The van der Waals surface area contributed by atoms with Crippen LogP contribution in [0.15, 0.2) is 0 Å². The molecule has 58 valence electrons. The van der Waals surface area contributed by atoms with Crippen molar-refractivity contribution in [3.8, 4) is 0 Å². The van der Waals surface area contributed by atoms with Gasteiger partial charge in [-0.15, -0.1) is 0 Å². The number of Topliss-reactive ketones (excluding diaryl/α,β-unsaturated/α-hetero) is 1. The average Bonchev–Trinajstić information content (AvgIpc) is 1.81. The van der Waals surface area contributed by atoms with Gasteiger partial charge in [-0.1, -0.05) is 9.39 Å². The third-order valence-corrected chi connectivity index (χ3v) is 1.47. The zero-order valence-electron chi connectivity index (χ0n) is 5.63. The predicted molar refractivity (Wildman–Crippen MR) is 39.6 cm³/mol. The van der Waals surface area contributed by atoms with Crippen LogP contribution in [0.4, 0.5) is 0 Å². The van der Waals surface area contributed by atoms with Crippen molar-refractivity contribution in [1.82, 2.24) is 5.09 Å². The number of ketones is 1. The van der Waals surface area contributed by atoms with E-state index in [2.05, 4.69) is 14.5 Å². The van der Waals surface area contributed by atoms with Crippen LogP contribution in [0.1, 0.15) is 13.3 Å². The molecule has 0 fully saturated rings. The van der Waals surface area contributed by atoms with Crippen molar-refractivity contribution < 1.29 is 14.7 Å². The van der Waals surface area contributed by atoms with Gasteiger partial charge in [0.2, 0.25) is 0 Å². The summed E-state index contributed by atoms with van der Waals surface area (Å²) in [5, 5.41) is 10.8. The molecule has 1 unspecified atom stereocenters. The Balaban J connectivity index is 3.83. The molecule has 0 saturated heterocycles. The highest BCUT2D eigenvalue weighted by atomic mass is 31.0. The number of rotatable bonds is 4. The summed E-state index contributed by atoms with van der Waals surface area (Å²) in [6.45, 7) is 1.35. The first-order valence-corrected chi connectivity index (χ1v) is 3.34. The van der Waals surface area contributed by atoms with Crippen molar-refractivity contribution in [3.05, 3.63) is 0 Å². The molecule has 0 heterocycles. The van der Waals surface area contributed by atoms with E-state index >= 15 is 0 Å². The highest BCUT2D eigenvalue weighted by Gasteiger charge is 2.14. The second-order valence-corrected chi connectivity index (χ2v) is 2.26. The van der Waals surface area contributed by atoms with Crippen LogP contribution < -0.4 is 5.09 Å². The highest BCUT2D eigenvalue weighted by Crippen LogP contribution is 1.95. The van der Waals surface area contributed by atoms with Crippen LogP contribution in [0, 0.1) is 0 Å². The summed E-state index contributed by atoms with van der Waals surface area (Å²) in [5.41, 5.74) is 0. The molecule has 0 radical (unpaired) electrons. The van der Waals surface area contributed by atoms with E-state index in [1.54, 1.807) is 0 Å². The van der Waals surface area contributed by atoms with Crippen molar-refractivity contribution in [3.63, 3.8) is 0 Å². The molecule has 0 amide bonds. The normalized spacial score (nSPS) is 12.6. The Hall–Kier alpha value is -0.470. The lowest BCUT2D eigenvalue weighted by Gasteiger charge is -2.07. The lowest BCUT2D eigenvalue weighted by Crippen LogP contribution is -2.30. The average molecular weight is 163 g/mol. The molecule has 0 aliphatic carbocycles. The molecule has 0 aromatic heterocycles. The van der Waals surface area contributed by atoms with E-state index in [1.165, 1.54) is 6.92 Å². The summed E-state index contributed by atoms with van der Waals surface area (Å²) in [6, 6.07) is -0.581. The van der Waals surface area contributed by atoms with E-state index in [4.69, 9.17) is 5.11 Å². The minimum Gasteiger partial charge on any atom is -0.481 e. The van der Waals surface area contributed by atoms with Gasteiger partial charge in [-0.2, -0.15) is 0 Å². The fourth-order valence-electron chi connectivity index (χ4n) is 0.495. The van der Waals surface area contributed by atoms with Crippen LogP contribution in [0.2, 0.25) is 0 Å². The van der Waals surface area contributed by atoms with Crippen molar-refractivity contribution in [2.24, 2.45) is 0 Å². The first-order chi connectivity index (χ1) is 4.57. The number of hydrogen-bond donors (Lipinski definition) is 2. The van der Waals surface area contributed by atoms with Crippen LogP contribution >= 0.6 is 9.39 Å². The summed E-state index contributed by atoms with van der Waals surface area (Å²) in [4.78, 5) is 20.6. The third-order valence-electron chi connectivity index (χ3n) is 1.07. The van der Waals surface area contributed by atoms with Gasteiger partial charge in [-0.05, 0) is 6.92 Å². The van der Waals surface area contributed by atoms with Gasteiger partial charge in [-0.25, -0.2) is 0 Å². The topological polar surface area (TPSA) is 66.4 Å². The predicted octanol–water partition coefficient (Wildman–Crippen LogP) is -0.202. The Morgan fingerprint density at radius 2 is 2.20 bits per heavy atom. The Morgan fingerprint density at radius 3 is 2.30 bits per heavy atom. The smallest absolute Gasteiger partial charge is 0.305 e. The molecular weight excluding hydrogens is 153 g/mol. The Labute approximate surface area is 61.3 Å². The van der Waals surface area contributed by atoms with Gasteiger partial charge in [0.15, 0.2) is 0 Å². The van der Waals surface area contributed by atoms with Crippen molar-refractivity contribution in [2.75, 3.05) is 0 Å². The van der Waals surface area contributed by atoms with Gasteiger partial charge >= 0.3 is 5.97 Å². The summed E-state index contributed by atoms with van der Waals surface area (Å²) in [7, 11) is 2.12. The fourth-order valence-corrected chi connectivity index (χ4v) is 0.847. The van der Waals surface area contributed by atoms with Crippen LogP contribution in [0.25, 0.3) is 0 Å². The first kappa shape index (κ1) is 9.53. The van der Waals surface area contributed by atoms with Crippen molar-refractivity contribution >= 4 is 21.1 Å². The number of aliphatic carboxylic acids is 1. The maximum Gasteiger partial charge on any atom is 0.305 e. The molecule has 2 N–H and O–H groups in total. The lowest BCUT2D eigenvalue weighted by molar-refractivity contribution is -0.139. The molecule has 0 saturated carbocycles. The molecule has 4 nitrogen and oxygen atoms in total. The molecule has 0 bridgehead atoms. The van der Waals surface area contributed by atoms with Gasteiger partial charge in [0, 0.05) is 0 Å². The zero-order chi connectivity index (χ0) is 8.15. The van der Waals surface area contributed by atoms with Crippen molar-refractivity contribution in [2.45, 2.75) is 19.4 Å². The van der Waals surface area contributed by atoms with Gasteiger partial charge in [0.25, 0.3) is 0 Å². The molecule has 5 heteroatoms. The number of carboxylic acids is 1. The van der Waals surface area contributed by atoms with Gasteiger partial charge in [0.05, 0.1) is 12.5 Å². The summed E-state index contributed by atoms with van der Waals surface area (Å²) in [5.74, 6) is -1.15. The largest absolute Gasteiger partial charge is 0.481 e. The van der Waals surface area contributed by atoms with E-state index in [9.17, 15) is 9.59 Å². The Bertz CT molecular complexity index is 148. The van der Waals surface area contributed by atoms with E-state index in [0.717, 1.165) is 0 Å². The Kier molecular flexibility index (Phi) is 4.16. The van der Waals surface area contributed by atoms with Gasteiger partial charge in [0.1, 0.15) is 5.78 Å². The summed E-state index contributed by atoms with van der Waals surface area (Å²) >= 11 is 0. The highest BCUT2D eigenvalue weighted by molar-refractivity contribution is 7.13. The number of nitrogens with one attached hydrogen (secondary N) is 1. The SMILES string of the molecule is CC(=O)[C@H](CC(=O)O)NP. The van der Waals surface area contributed by atoms with E-state index in [-0.39, 0.29) is 12.2 Å². The molecule has 0 aromatic rings. The van der Waals surface area contributed by atoms with E-state index in [1.807, 2.05) is 0 Å². The van der Waals surface area contributed by atoms with E-state index in [0.29, 0.717) is 0 Å². The maximum absolute atomic E-state index is 10.6. The number of hydrogen-bond acceptors (Lipinski definition) is 3. The van der Waals surface area contributed by atoms with Crippen LogP contribution in [0.5, 0.6) is 0 Å². The maximum atomic E-state index is 10.6. The lowest BCUT2D eigenvalue weighted by atomic mass is 10.1. The molecule has 2 atom stereocenters. The number of carboxylic acid groups (broad SMARTS) is 1. The molecule has 0 spiro atoms. The van der Waals surface area contributed by atoms with Crippen molar-refractivity contribution in [1.29, 1.82) is 0 Å².